The number of carbonyl (C=O) groups is 2. The van der Waals surface area contributed by atoms with Gasteiger partial charge in [0, 0.05) is 23.1 Å². The van der Waals surface area contributed by atoms with Gasteiger partial charge in [-0.1, -0.05) is 52.3 Å². The van der Waals surface area contributed by atoms with E-state index < -0.39 is 6.10 Å². The molecule has 0 aromatic heterocycles. The normalized spacial score (nSPS) is 18.0. The van der Waals surface area contributed by atoms with Crippen LogP contribution in [0.1, 0.15) is 18.1 Å². The van der Waals surface area contributed by atoms with Gasteiger partial charge in [-0.3, -0.25) is 9.59 Å². The zero-order valence-electron chi connectivity index (χ0n) is 13.6. The third-order valence-corrected chi connectivity index (χ3v) is 4.77. The van der Waals surface area contributed by atoms with Crippen molar-refractivity contribution in [3.63, 3.8) is 0 Å². The minimum atomic E-state index is -0.762. The van der Waals surface area contributed by atoms with Crippen LogP contribution in [0.15, 0.2) is 59.1 Å². The predicted octanol–water partition coefficient (Wildman–Crippen LogP) is 2.90. The van der Waals surface area contributed by atoms with Crippen molar-refractivity contribution in [2.24, 2.45) is 11.7 Å². The first-order valence-electron chi connectivity index (χ1n) is 8.10. The van der Waals surface area contributed by atoms with Crippen molar-refractivity contribution < 1.29 is 14.3 Å². The summed E-state index contributed by atoms with van der Waals surface area (Å²) in [5, 5.41) is 0. The molecule has 2 N–H and O–H groups in total. The van der Waals surface area contributed by atoms with Crippen LogP contribution in [0.25, 0.3) is 0 Å². The predicted molar refractivity (Wildman–Crippen MR) is 97.8 cm³/mol. The van der Waals surface area contributed by atoms with Crippen molar-refractivity contribution in [3.8, 4) is 5.75 Å². The Hall–Kier alpha value is -2.34. The summed E-state index contributed by atoms with van der Waals surface area (Å²) >= 11 is 3.41. The second-order valence-electron chi connectivity index (χ2n) is 6.04. The lowest BCUT2D eigenvalue weighted by molar-refractivity contribution is -0.138. The van der Waals surface area contributed by atoms with Gasteiger partial charge < -0.3 is 15.4 Å². The number of amides is 2. The highest BCUT2D eigenvalue weighted by atomic mass is 79.9. The first kappa shape index (κ1) is 17.5. The van der Waals surface area contributed by atoms with Crippen molar-refractivity contribution in [3.05, 3.63) is 64.6 Å². The highest BCUT2D eigenvalue weighted by Crippen LogP contribution is 2.28. The highest BCUT2D eigenvalue weighted by molar-refractivity contribution is 9.10. The van der Waals surface area contributed by atoms with Crippen molar-refractivity contribution in [2.75, 3.05) is 13.1 Å². The Morgan fingerprint density at radius 2 is 1.92 bits per heavy atom. The van der Waals surface area contributed by atoms with Crippen molar-refractivity contribution in [1.29, 1.82) is 0 Å². The average molecular weight is 403 g/mol. The van der Waals surface area contributed by atoms with E-state index in [0.717, 1.165) is 10.0 Å². The second kappa shape index (κ2) is 7.70. The molecule has 2 aromatic carbocycles. The molecule has 2 atom stereocenters. The van der Waals surface area contributed by atoms with Crippen LogP contribution >= 0.6 is 15.9 Å². The molecule has 1 aliphatic heterocycles. The van der Waals surface area contributed by atoms with Gasteiger partial charge >= 0.3 is 0 Å². The van der Waals surface area contributed by atoms with Gasteiger partial charge in [0.15, 0.2) is 0 Å². The van der Waals surface area contributed by atoms with Crippen LogP contribution in [-0.4, -0.2) is 29.8 Å². The summed E-state index contributed by atoms with van der Waals surface area (Å²) in [4.78, 5) is 26.1. The number of ether oxygens (including phenoxy) is 1. The molecule has 2 aromatic rings. The summed E-state index contributed by atoms with van der Waals surface area (Å²) < 4.78 is 6.89. The number of primary amides is 1. The molecule has 2 amide bonds. The fraction of sp³-hybridized carbons (Fsp3) is 0.263. The van der Waals surface area contributed by atoms with Gasteiger partial charge in [0.2, 0.25) is 12.0 Å². The van der Waals surface area contributed by atoms with Gasteiger partial charge in [0.25, 0.3) is 5.91 Å². The minimum absolute atomic E-state index is 0.157. The maximum Gasteiger partial charge on any atom is 0.268 e. The molecule has 1 fully saturated rings. The fourth-order valence-electron chi connectivity index (χ4n) is 2.92. The van der Waals surface area contributed by atoms with Crippen molar-refractivity contribution >= 4 is 27.7 Å². The summed E-state index contributed by atoms with van der Waals surface area (Å²) in [5.41, 5.74) is 6.15. The summed E-state index contributed by atoms with van der Waals surface area (Å²) in [7, 11) is 0. The van der Waals surface area contributed by atoms with E-state index in [0.29, 0.717) is 25.3 Å². The molecule has 6 heteroatoms. The highest BCUT2D eigenvalue weighted by Gasteiger charge is 2.35. The Morgan fingerprint density at radius 1 is 1.16 bits per heavy atom. The van der Waals surface area contributed by atoms with Gasteiger partial charge in [-0.05, 0) is 24.6 Å². The lowest BCUT2D eigenvalue weighted by atomic mass is 10.1. The van der Waals surface area contributed by atoms with E-state index in [1.165, 1.54) is 0 Å². The molecule has 0 saturated carbocycles. The molecule has 1 aliphatic rings. The van der Waals surface area contributed by atoms with Gasteiger partial charge in [-0.15, -0.1) is 0 Å². The van der Waals surface area contributed by atoms with E-state index >= 15 is 0 Å². The topological polar surface area (TPSA) is 72.6 Å². The maximum atomic E-state index is 13.0. The molecular weight excluding hydrogens is 384 g/mol. The third kappa shape index (κ3) is 4.20. The largest absolute Gasteiger partial charge is 0.476 e. The van der Waals surface area contributed by atoms with Crippen LogP contribution in [-0.2, 0) is 9.59 Å². The molecule has 1 saturated heterocycles. The van der Waals surface area contributed by atoms with Gasteiger partial charge in [0.1, 0.15) is 5.75 Å². The summed E-state index contributed by atoms with van der Waals surface area (Å²) in [6.45, 7) is 0.858. The minimum Gasteiger partial charge on any atom is -0.476 e. The molecule has 1 heterocycles. The first-order chi connectivity index (χ1) is 12.0. The molecule has 5 nitrogen and oxygen atoms in total. The standard InChI is InChI=1S/C19H19BrN2O3/c20-15-7-4-8-16(11-15)25-17(13-5-2-1-3-6-13)19(24)22-10-9-14(12-22)18(21)23/h1-8,11,14,17H,9-10,12H2,(H2,21,23). The van der Waals surface area contributed by atoms with Crippen LogP contribution in [0.2, 0.25) is 0 Å². The second-order valence-corrected chi connectivity index (χ2v) is 6.95. The van der Waals surface area contributed by atoms with E-state index in [1.807, 2.05) is 54.6 Å². The van der Waals surface area contributed by atoms with E-state index in [9.17, 15) is 9.59 Å². The van der Waals surface area contributed by atoms with Crippen LogP contribution in [0.4, 0.5) is 0 Å². The lowest BCUT2D eigenvalue weighted by Gasteiger charge is -2.24. The zero-order valence-corrected chi connectivity index (χ0v) is 15.2. The molecule has 130 valence electrons. The number of likely N-dealkylation sites (tertiary alicyclic amines) is 1. The molecule has 25 heavy (non-hydrogen) atoms. The van der Waals surface area contributed by atoms with Crippen molar-refractivity contribution in [1.82, 2.24) is 4.90 Å². The molecule has 0 spiro atoms. The zero-order chi connectivity index (χ0) is 17.8. The smallest absolute Gasteiger partial charge is 0.268 e. The number of carbonyl (C=O) groups excluding carboxylic acids is 2. The van der Waals surface area contributed by atoms with E-state index in [2.05, 4.69) is 15.9 Å². The van der Waals surface area contributed by atoms with Crippen LogP contribution in [0.5, 0.6) is 5.75 Å². The Kier molecular flexibility index (Phi) is 5.38. The Bertz CT molecular complexity index is 766. The SMILES string of the molecule is NC(=O)C1CCN(C(=O)C(Oc2cccc(Br)c2)c2ccccc2)C1. The summed E-state index contributed by atoms with van der Waals surface area (Å²) in [6.07, 6.45) is -0.165. The number of nitrogens with two attached hydrogens (primary N) is 1. The average Bonchev–Trinajstić information content (AvgIpc) is 3.10. The van der Waals surface area contributed by atoms with Gasteiger partial charge in [0.05, 0.1) is 5.92 Å². The van der Waals surface area contributed by atoms with Crippen LogP contribution in [0.3, 0.4) is 0 Å². The molecule has 3 rings (SSSR count). The van der Waals surface area contributed by atoms with E-state index in [-0.39, 0.29) is 17.7 Å². The summed E-state index contributed by atoms with van der Waals surface area (Å²) in [5.74, 6) is -0.206. The Labute approximate surface area is 154 Å². The summed E-state index contributed by atoms with van der Waals surface area (Å²) in [6, 6.07) is 16.7. The maximum absolute atomic E-state index is 13.0. The number of benzene rings is 2. The molecule has 0 radical (unpaired) electrons. The van der Waals surface area contributed by atoms with Crippen molar-refractivity contribution in [2.45, 2.75) is 12.5 Å². The molecule has 0 aliphatic carbocycles. The Morgan fingerprint density at radius 3 is 2.56 bits per heavy atom. The quantitative estimate of drug-likeness (QED) is 0.835. The number of hydrogen-bond donors (Lipinski definition) is 1. The third-order valence-electron chi connectivity index (χ3n) is 4.28. The van der Waals surface area contributed by atoms with Gasteiger partial charge in [-0.2, -0.15) is 0 Å². The number of nitrogens with zero attached hydrogens (tertiary/aromatic N) is 1. The lowest BCUT2D eigenvalue weighted by Crippen LogP contribution is -2.37. The molecular formula is C19H19BrN2O3. The molecule has 0 bridgehead atoms. The van der Waals surface area contributed by atoms with Gasteiger partial charge in [-0.25, -0.2) is 0 Å². The number of halogens is 1. The van der Waals surface area contributed by atoms with E-state index in [1.54, 1.807) is 4.90 Å². The van der Waals surface area contributed by atoms with Crippen LogP contribution in [0, 0.1) is 5.92 Å². The first-order valence-corrected chi connectivity index (χ1v) is 8.89. The number of rotatable bonds is 5. The number of hydrogen-bond acceptors (Lipinski definition) is 3. The Balaban J connectivity index is 1.84. The monoisotopic (exact) mass is 402 g/mol. The van der Waals surface area contributed by atoms with Crippen LogP contribution < -0.4 is 10.5 Å². The molecule has 2 unspecified atom stereocenters. The van der Waals surface area contributed by atoms with E-state index in [4.69, 9.17) is 10.5 Å². The fourth-order valence-corrected chi connectivity index (χ4v) is 3.30.